The molecule has 11 heteroatoms. The average molecular weight is 473 g/mol. The number of amides is 1. The molecule has 0 saturated carbocycles. The topological polar surface area (TPSA) is 110 Å². The molecule has 1 aliphatic heterocycles. The molecule has 0 atom stereocenters. The summed E-state index contributed by atoms with van der Waals surface area (Å²) >= 11 is 0. The molecule has 33 heavy (non-hydrogen) atoms. The van der Waals surface area contributed by atoms with Gasteiger partial charge in [-0.25, -0.2) is 12.8 Å². The molecular formula is C22H25FN6O3S. The summed E-state index contributed by atoms with van der Waals surface area (Å²) < 4.78 is 41.3. The van der Waals surface area contributed by atoms with Crippen molar-refractivity contribution in [3.63, 3.8) is 0 Å². The zero-order chi connectivity index (χ0) is 23.4. The zero-order valence-corrected chi connectivity index (χ0v) is 19.1. The highest BCUT2D eigenvalue weighted by Crippen LogP contribution is 2.26. The molecule has 1 amide bonds. The third-order valence-electron chi connectivity index (χ3n) is 5.48. The van der Waals surface area contributed by atoms with Gasteiger partial charge in [-0.05, 0) is 54.8 Å². The van der Waals surface area contributed by atoms with E-state index in [2.05, 4.69) is 20.7 Å². The van der Waals surface area contributed by atoms with Crippen LogP contribution in [0.3, 0.4) is 0 Å². The Labute approximate surface area is 191 Å². The van der Waals surface area contributed by atoms with Gasteiger partial charge in [0.1, 0.15) is 12.4 Å². The number of tetrazole rings is 1. The predicted octanol–water partition coefficient (Wildman–Crippen LogP) is 2.99. The Hall–Kier alpha value is -3.18. The second-order valence-electron chi connectivity index (χ2n) is 8.00. The lowest BCUT2D eigenvalue weighted by atomic mass is 10.2. The number of aryl methyl sites for hydroxylation is 1. The smallest absolute Gasteiger partial charge is 0.248 e. The lowest BCUT2D eigenvalue weighted by molar-refractivity contribution is -0.117. The maximum atomic E-state index is 13.4. The number of hydrogen-bond acceptors (Lipinski definition) is 6. The number of carbonyl (C=O) groups excluding carboxylic acids is 1. The molecule has 0 aliphatic carbocycles. The van der Waals surface area contributed by atoms with Gasteiger partial charge in [0.05, 0.1) is 4.90 Å². The molecule has 1 N–H and O–H groups in total. The SMILES string of the molecule is Cc1ccc(NC(=O)Cn2nnc(-c3cccc(F)c3)n2)cc1S(=O)(=O)N1CCCCCC1. The Morgan fingerprint density at radius 3 is 2.58 bits per heavy atom. The van der Waals surface area contributed by atoms with Crippen LogP contribution in [0.15, 0.2) is 47.4 Å². The maximum Gasteiger partial charge on any atom is 0.248 e. The number of halogens is 1. The van der Waals surface area contributed by atoms with Crippen LogP contribution >= 0.6 is 0 Å². The number of aromatic nitrogens is 4. The van der Waals surface area contributed by atoms with E-state index < -0.39 is 21.7 Å². The molecule has 0 bridgehead atoms. The molecule has 2 heterocycles. The highest BCUT2D eigenvalue weighted by molar-refractivity contribution is 7.89. The lowest BCUT2D eigenvalue weighted by Crippen LogP contribution is -2.32. The van der Waals surface area contributed by atoms with E-state index in [1.807, 2.05) is 0 Å². The molecule has 0 radical (unpaired) electrons. The summed E-state index contributed by atoms with van der Waals surface area (Å²) in [6, 6.07) is 10.6. The Kier molecular flexibility index (Phi) is 6.80. The molecule has 9 nitrogen and oxygen atoms in total. The monoisotopic (exact) mass is 472 g/mol. The van der Waals surface area contributed by atoms with Gasteiger partial charge in [0, 0.05) is 24.3 Å². The van der Waals surface area contributed by atoms with Gasteiger partial charge < -0.3 is 5.32 Å². The number of nitrogens with zero attached hydrogens (tertiary/aromatic N) is 5. The van der Waals surface area contributed by atoms with Crippen LogP contribution in [0.4, 0.5) is 10.1 Å². The summed E-state index contributed by atoms with van der Waals surface area (Å²) in [5, 5.41) is 14.5. The fourth-order valence-corrected chi connectivity index (χ4v) is 5.53. The predicted molar refractivity (Wildman–Crippen MR) is 120 cm³/mol. The van der Waals surface area contributed by atoms with E-state index in [4.69, 9.17) is 0 Å². The second kappa shape index (κ2) is 9.75. The number of carbonyl (C=O) groups is 1. The molecule has 1 saturated heterocycles. The minimum absolute atomic E-state index is 0.189. The minimum Gasteiger partial charge on any atom is -0.324 e. The molecule has 4 rings (SSSR count). The van der Waals surface area contributed by atoms with Crippen molar-refractivity contribution in [3.8, 4) is 11.4 Å². The Bertz CT molecular complexity index is 1250. The third-order valence-corrected chi connectivity index (χ3v) is 7.52. The number of nitrogens with one attached hydrogen (secondary N) is 1. The van der Waals surface area contributed by atoms with Crippen molar-refractivity contribution in [2.75, 3.05) is 18.4 Å². The molecule has 0 unspecified atom stereocenters. The van der Waals surface area contributed by atoms with Gasteiger partial charge in [0.2, 0.25) is 21.8 Å². The first-order valence-electron chi connectivity index (χ1n) is 10.8. The second-order valence-corrected chi connectivity index (χ2v) is 9.91. The summed E-state index contributed by atoms with van der Waals surface area (Å²) in [5.74, 6) is -0.671. The standard InChI is InChI=1S/C22H25FN6O3S/c1-16-9-10-19(14-20(16)33(31,32)28-11-4-2-3-5-12-28)24-21(30)15-29-26-22(25-27-29)17-7-6-8-18(23)13-17/h6-10,13-14H,2-5,11-12,15H2,1H3,(H,24,30). The van der Waals surface area contributed by atoms with Crippen molar-refractivity contribution in [2.45, 2.75) is 44.0 Å². The van der Waals surface area contributed by atoms with Crippen LogP contribution in [-0.2, 0) is 21.4 Å². The van der Waals surface area contributed by atoms with Gasteiger partial charge >= 0.3 is 0 Å². The lowest BCUT2D eigenvalue weighted by Gasteiger charge is -2.21. The van der Waals surface area contributed by atoms with E-state index in [0.29, 0.717) is 29.9 Å². The fourth-order valence-electron chi connectivity index (χ4n) is 3.76. The molecule has 0 spiro atoms. The van der Waals surface area contributed by atoms with Crippen molar-refractivity contribution in [1.82, 2.24) is 24.5 Å². The molecule has 1 aromatic heterocycles. The zero-order valence-electron chi connectivity index (χ0n) is 18.2. The third kappa shape index (κ3) is 5.42. The van der Waals surface area contributed by atoms with Crippen LogP contribution in [0.25, 0.3) is 11.4 Å². The van der Waals surface area contributed by atoms with Crippen LogP contribution in [0, 0.1) is 12.7 Å². The highest BCUT2D eigenvalue weighted by Gasteiger charge is 2.27. The van der Waals surface area contributed by atoms with Crippen molar-refractivity contribution >= 4 is 21.6 Å². The molecule has 1 aliphatic rings. The highest BCUT2D eigenvalue weighted by atomic mass is 32.2. The molecule has 174 valence electrons. The quantitative estimate of drug-likeness (QED) is 0.591. The normalized spacial score (nSPS) is 15.2. The van der Waals surface area contributed by atoms with E-state index in [-0.39, 0.29) is 17.3 Å². The number of hydrogen-bond donors (Lipinski definition) is 1. The van der Waals surface area contributed by atoms with Crippen LogP contribution in [-0.4, -0.2) is 51.9 Å². The Morgan fingerprint density at radius 2 is 1.85 bits per heavy atom. The summed E-state index contributed by atoms with van der Waals surface area (Å²) in [5.41, 5.74) is 1.43. The van der Waals surface area contributed by atoms with Crippen molar-refractivity contribution in [1.29, 1.82) is 0 Å². The molecule has 1 fully saturated rings. The van der Waals surface area contributed by atoms with E-state index in [0.717, 1.165) is 30.5 Å². The van der Waals surface area contributed by atoms with Crippen LogP contribution in [0.1, 0.15) is 31.2 Å². The summed E-state index contributed by atoms with van der Waals surface area (Å²) in [4.78, 5) is 13.8. The van der Waals surface area contributed by atoms with Gasteiger partial charge in [0.15, 0.2) is 0 Å². The van der Waals surface area contributed by atoms with E-state index in [9.17, 15) is 17.6 Å². The van der Waals surface area contributed by atoms with Crippen LogP contribution in [0.5, 0.6) is 0 Å². The fraction of sp³-hybridized carbons (Fsp3) is 0.364. The molecular weight excluding hydrogens is 447 g/mol. The first kappa shape index (κ1) is 23.0. The van der Waals surface area contributed by atoms with Gasteiger partial charge in [-0.15, -0.1) is 10.2 Å². The summed E-state index contributed by atoms with van der Waals surface area (Å²) in [6.07, 6.45) is 3.74. The first-order chi connectivity index (χ1) is 15.8. The molecule has 3 aromatic rings. The Balaban J connectivity index is 1.47. The number of sulfonamides is 1. The first-order valence-corrected chi connectivity index (χ1v) is 12.2. The molecule has 2 aromatic carbocycles. The van der Waals surface area contributed by atoms with Crippen molar-refractivity contribution in [3.05, 3.63) is 53.8 Å². The summed E-state index contributed by atoms with van der Waals surface area (Å²) in [6.45, 7) is 2.52. The van der Waals surface area contributed by atoms with Crippen LogP contribution in [0.2, 0.25) is 0 Å². The Morgan fingerprint density at radius 1 is 1.09 bits per heavy atom. The largest absolute Gasteiger partial charge is 0.324 e. The average Bonchev–Trinajstić information content (AvgIpc) is 3.06. The van der Waals surface area contributed by atoms with Gasteiger partial charge in [-0.3, -0.25) is 4.79 Å². The minimum atomic E-state index is -3.65. The van der Waals surface area contributed by atoms with Crippen LogP contribution < -0.4 is 5.32 Å². The maximum absolute atomic E-state index is 13.4. The van der Waals surface area contributed by atoms with E-state index >= 15 is 0 Å². The van der Waals surface area contributed by atoms with E-state index in [1.54, 1.807) is 25.1 Å². The van der Waals surface area contributed by atoms with Crippen molar-refractivity contribution < 1.29 is 17.6 Å². The number of rotatable bonds is 6. The van der Waals surface area contributed by atoms with Crippen molar-refractivity contribution in [2.24, 2.45) is 0 Å². The number of benzene rings is 2. The van der Waals surface area contributed by atoms with Gasteiger partial charge in [0.25, 0.3) is 0 Å². The van der Waals surface area contributed by atoms with Gasteiger partial charge in [-0.2, -0.15) is 9.10 Å². The number of anilines is 1. The summed E-state index contributed by atoms with van der Waals surface area (Å²) in [7, 11) is -3.65. The van der Waals surface area contributed by atoms with Gasteiger partial charge in [-0.1, -0.05) is 31.0 Å². The van der Waals surface area contributed by atoms with E-state index in [1.165, 1.54) is 28.6 Å².